The Morgan fingerprint density at radius 1 is 0.818 bits per heavy atom. The maximum atomic E-state index is 12.9. The highest BCUT2D eigenvalue weighted by Gasteiger charge is 2.19. The van der Waals surface area contributed by atoms with Gasteiger partial charge in [0.2, 0.25) is 11.7 Å². The fourth-order valence-electron chi connectivity index (χ4n) is 3.59. The zero-order valence-corrected chi connectivity index (χ0v) is 18.5. The molecule has 1 amide bonds. The molecule has 0 spiro atoms. The fraction of sp³-hybridized carbons (Fsp3) is 0.231. The van der Waals surface area contributed by atoms with Crippen molar-refractivity contribution in [1.29, 1.82) is 0 Å². The first-order valence-electron chi connectivity index (χ1n) is 11.3. The number of amides is 1. The van der Waals surface area contributed by atoms with E-state index in [2.05, 4.69) is 26.0 Å². The Morgan fingerprint density at radius 3 is 2.21 bits per heavy atom. The summed E-state index contributed by atoms with van der Waals surface area (Å²) in [4.78, 5) is 14.6. The number of para-hydroxylation sites is 1. The molecule has 1 unspecified atom stereocenters. The van der Waals surface area contributed by atoms with Crippen molar-refractivity contribution in [2.24, 2.45) is 0 Å². The molecular weight excluding hydrogens is 412 g/mol. The maximum absolute atomic E-state index is 12.9. The van der Waals surface area contributed by atoms with E-state index in [0.717, 1.165) is 49.2 Å². The van der Waals surface area contributed by atoms with Crippen molar-refractivity contribution < 1.29 is 4.79 Å². The molecule has 4 rings (SSSR count). The first kappa shape index (κ1) is 22.4. The topological polar surface area (TPSA) is 84.7 Å². The minimum atomic E-state index is -0.406. The summed E-state index contributed by atoms with van der Waals surface area (Å²) in [5, 5.41) is 19.2. The molecule has 33 heavy (non-hydrogen) atoms. The van der Waals surface area contributed by atoms with Gasteiger partial charge >= 0.3 is 0 Å². The SMILES string of the molecule is O=C(Nc1ccccc1)C(NCCCCCn1nnc(-c2ccccc2)n1)c1ccccc1. The second-order valence-corrected chi connectivity index (χ2v) is 7.79. The van der Waals surface area contributed by atoms with Gasteiger partial charge in [-0.15, -0.1) is 10.2 Å². The highest BCUT2D eigenvalue weighted by atomic mass is 16.2. The van der Waals surface area contributed by atoms with Crippen molar-refractivity contribution in [3.63, 3.8) is 0 Å². The molecule has 0 saturated heterocycles. The summed E-state index contributed by atoms with van der Waals surface area (Å²) in [6.45, 7) is 1.46. The molecule has 7 heteroatoms. The summed E-state index contributed by atoms with van der Waals surface area (Å²) in [6.07, 6.45) is 2.89. The molecule has 0 radical (unpaired) electrons. The van der Waals surface area contributed by atoms with E-state index in [1.54, 1.807) is 4.80 Å². The van der Waals surface area contributed by atoms with Gasteiger partial charge in [-0.3, -0.25) is 4.79 Å². The molecule has 3 aromatic carbocycles. The number of tetrazole rings is 1. The van der Waals surface area contributed by atoms with Gasteiger partial charge in [-0.25, -0.2) is 0 Å². The van der Waals surface area contributed by atoms with Gasteiger partial charge in [0, 0.05) is 11.3 Å². The standard InChI is InChI=1S/C26H28N6O/c33-26(28-23-17-9-3-10-18-23)24(21-13-5-1-6-14-21)27-19-11-4-12-20-32-30-25(29-31-32)22-15-7-2-8-16-22/h1-3,5-10,13-18,24,27H,4,11-12,19-20H2,(H,28,33). The zero-order valence-electron chi connectivity index (χ0n) is 18.5. The lowest BCUT2D eigenvalue weighted by Crippen LogP contribution is -2.33. The van der Waals surface area contributed by atoms with Gasteiger partial charge in [0.25, 0.3) is 0 Å². The van der Waals surface area contributed by atoms with Gasteiger partial charge in [0.05, 0.1) is 6.54 Å². The Bertz CT molecular complexity index is 1120. The van der Waals surface area contributed by atoms with Crippen LogP contribution in [0.15, 0.2) is 91.0 Å². The van der Waals surface area contributed by atoms with Gasteiger partial charge in [0.15, 0.2) is 0 Å². The number of aryl methyl sites for hydroxylation is 1. The average Bonchev–Trinajstić information content (AvgIpc) is 3.34. The smallest absolute Gasteiger partial charge is 0.246 e. The van der Waals surface area contributed by atoms with Crippen molar-refractivity contribution in [3.8, 4) is 11.4 Å². The van der Waals surface area contributed by atoms with E-state index in [4.69, 9.17) is 0 Å². The Labute approximate surface area is 193 Å². The van der Waals surface area contributed by atoms with E-state index in [9.17, 15) is 4.79 Å². The van der Waals surface area contributed by atoms with Gasteiger partial charge in [-0.1, -0.05) is 85.3 Å². The largest absolute Gasteiger partial charge is 0.324 e. The average molecular weight is 441 g/mol. The van der Waals surface area contributed by atoms with Crippen LogP contribution in [0.25, 0.3) is 11.4 Å². The predicted molar refractivity (Wildman–Crippen MR) is 129 cm³/mol. The normalized spacial score (nSPS) is 11.8. The van der Waals surface area contributed by atoms with Crippen molar-refractivity contribution in [2.45, 2.75) is 31.8 Å². The lowest BCUT2D eigenvalue weighted by atomic mass is 10.1. The van der Waals surface area contributed by atoms with Crippen molar-refractivity contribution >= 4 is 11.6 Å². The minimum absolute atomic E-state index is 0.0624. The zero-order chi connectivity index (χ0) is 22.7. The Balaban J connectivity index is 1.24. The second-order valence-electron chi connectivity index (χ2n) is 7.79. The lowest BCUT2D eigenvalue weighted by Gasteiger charge is -2.19. The third-order valence-corrected chi connectivity index (χ3v) is 5.30. The highest BCUT2D eigenvalue weighted by molar-refractivity contribution is 5.95. The number of hydrogen-bond donors (Lipinski definition) is 2. The van der Waals surface area contributed by atoms with Crippen LogP contribution >= 0.6 is 0 Å². The molecule has 0 fully saturated rings. The number of carbonyl (C=O) groups is 1. The Hall–Kier alpha value is -3.84. The number of hydrogen-bond acceptors (Lipinski definition) is 5. The van der Waals surface area contributed by atoms with Crippen LogP contribution in [0.5, 0.6) is 0 Å². The summed E-state index contributed by atoms with van der Waals surface area (Å²) in [6, 6.07) is 28.8. The Kier molecular flexibility index (Phi) is 7.92. The monoisotopic (exact) mass is 440 g/mol. The van der Waals surface area contributed by atoms with E-state index in [1.165, 1.54) is 0 Å². The molecule has 0 aliphatic heterocycles. The van der Waals surface area contributed by atoms with Crippen LogP contribution in [0.4, 0.5) is 5.69 Å². The number of benzene rings is 3. The van der Waals surface area contributed by atoms with Crippen LogP contribution < -0.4 is 10.6 Å². The number of rotatable bonds is 11. The molecule has 1 heterocycles. The van der Waals surface area contributed by atoms with Crippen LogP contribution in [0.2, 0.25) is 0 Å². The number of unbranched alkanes of at least 4 members (excludes halogenated alkanes) is 2. The van der Waals surface area contributed by atoms with Gasteiger partial charge in [-0.2, -0.15) is 4.80 Å². The van der Waals surface area contributed by atoms with Crippen LogP contribution in [-0.4, -0.2) is 32.7 Å². The molecule has 2 N–H and O–H groups in total. The molecule has 0 aliphatic rings. The second kappa shape index (κ2) is 11.7. The summed E-state index contributed by atoms with van der Waals surface area (Å²) in [5.41, 5.74) is 2.71. The number of nitrogens with zero attached hydrogens (tertiary/aromatic N) is 4. The van der Waals surface area contributed by atoms with E-state index in [-0.39, 0.29) is 5.91 Å². The van der Waals surface area contributed by atoms with E-state index in [0.29, 0.717) is 5.82 Å². The maximum Gasteiger partial charge on any atom is 0.246 e. The summed E-state index contributed by atoms with van der Waals surface area (Å²) < 4.78 is 0. The molecule has 7 nitrogen and oxygen atoms in total. The van der Waals surface area contributed by atoms with E-state index in [1.807, 2.05) is 91.0 Å². The third-order valence-electron chi connectivity index (χ3n) is 5.30. The molecule has 0 aliphatic carbocycles. The summed E-state index contributed by atoms with van der Waals surface area (Å²) in [7, 11) is 0. The first-order chi connectivity index (χ1) is 16.3. The fourth-order valence-corrected chi connectivity index (χ4v) is 3.59. The van der Waals surface area contributed by atoms with Crippen LogP contribution in [-0.2, 0) is 11.3 Å². The van der Waals surface area contributed by atoms with Gasteiger partial charge in [-0.05, 0) is 42.3 Å². The van der Waals surface area contributed by atoms with Gasteiger partial charge in [0.1, 0.15) is 6.04 Å². The number of carbonyl (C=O) groups excluding carboxylic acids is 1. The molecule has 4 aromatic rings. The molecule has 0 bridgehead atoms. The number of anilines is 1. The van der Waals surface area contributed by atoms with E-state index < -0.39 is 6.04 Å². The van der Waals surface area contributed by atoms with Crippen molar-refractivity contribution in [1.82, 2.24) is 25.5 Å². The van der Waals surface area contributed by atoms with Gasteiger partial charge < -0.3 is 10.6 Å². The molecule has 1 atom stereocenters. The lowest BCUT2D eigenvalue weighted by molar-refractivity contribution is -0.118. The quantitative estimate of drug-likeness (QED) is 0.336. The first-order valence-corrected chi connectivity index (χ1v) is 11.3. The van der Waals surface area contributed by atoms with Crippen molar-refractivity contribution in [2.75, 3.05) is 11.9 Å². The Morgan fingerprint density at radius 2 is 1.48 bits per heavy atom. The molecule has 1 aromatic heterocycles. The van der Waals surface area contributed by atoms with Crippen LogP contribution in [0, 0.1) is 0 Å². The predicted octanol–water partition coefficient (Wildman–Crippen LogP) is 4.48. The molecule has 168 valence electrons. The van der Waals surface area contributed by atoms with E-state index >= 15 is 0 Å². The number of aromatic nitrogens is 4. The molecule has 0 saturated carbocycles. The van der Waals surface area contributed by atoms with Crippen LogP contribution in [0.1, 0.15) is 30.9 Å². The third kappa shape index (κ3) is 6.57. The minimum Gasteiger partial charge on any atom is -0.324 e. The summed E-state index contributed by atoms with van der Waals surface area (Å²) >= 11 is 0. The summed E-state index contributed by atoms with van der Waals surface area (Å²) in [5.74, 6) is 0.583. The number of nitrogens with one attached hydrogen (secondary N) is 2. The molecular formula is C26H28N6O. The van der Waals surface area contributed by atoms with Crippen molar-refractivity contribution in [3.05, 3.63) is 96.6 Å². The van der Waals surface area contributed by atoms with Crippen LogP contribution in [0.3, 0.4) is 0 Å². The highest BCUT2D eigenvalue weighted by Crippen LogP contribution is 2.16.